The molecule has 0 atom stereocenters. The third-order valence-electron chi connectivity index (χ3n) is 4.72. The van der Waals surface area contributed by atoms with Crippen molar-refractivity contribution in [1.29, 1.82) is 0 Å². The largest absolute Gasteiger partial charge is 0.497 e. The van der Waals surface area contributed by atoms with Crippen molar-refractivity contribution in [1.82, 2.24) is 10.2 Å². The zero-order chi connectivity index (χ0) is 19.2. The Morgan fingerprint density at radius 1 is 1.07 bits per heavy atom. The lowest BCUT2D eigenvalue weighted by atomic mass is 10.0. The first-order valence-corrected chi connectivity index (χ1v) is 9.12. The van der Waals surface area contributed by atoms with Crippen LogP contribution < -0.4 is 15.4 Å². The number of nitrogens with one attached hydrogen (secondary N) is 2. The quantitative estimate of drug-likeness (QED) is 0.870. The lowest BCUT2D eigenvalue weighted by molar-refractivity contribution is 0.0919. The monoisotopic (exact) mass is 367 g/mol. The number of benzene rings is 2. The number of nitrogens with zero attached hydrogens (tertiary/aromatic N) is 1. The number of urea groups is 1. The van der Waals surface area contributed by atoms with Crippen LogP contribution in [0, 0.1) is 6.92 Å². The summed E-state index contributed by atoms with van der Waals surface area (Å²) in [5.41, 5.74) is 2.44. The highest BCUT2D eigenvalue weighted by atomic mass is 16.5. The van der Waals surface area contributed by atoms with E-state index in [1.807, 2.05) is 49.4 Å². The van der Waals surface area contributed by atoms with Gasteiger partial charge in [-0.3, -0.25) is 4.79 Å². The number of aryl methyl sites for hydroxylation is 1. The van der Waals surface area contributed by atoms with Gasteiger partial charge in [0.25, 0.3) is 5.91 Å². The number of amides is 3. The normalized spacial score (nSPS) is 14.5. The minimum atomic E-state index is -0.133. The molecule has 1 saturated heterocycles. The second-order valence-electron chi connectivity index (χ2n) is 6.77. The van der Waals surface area contributed by atoms with Crippen molar-refractivity contribution >= 4 is 17.6 Å². The molecule has 27 heavy (non-hydrogen) atoms. The van der Waals surface area contributed by atoms with Gasteiger partial charge in [0.15, 0.2) is 0 Å². The smallest absolute Gasteiger partial charge is 0.321 e. The number of methoxy groups -OCH3 is 1. The third kappa shape index (κ3) is 5.00. The number of carbonyl (C=O) groups excluding carboxylic acids is 2. The molecule has 142 valence electrons. The Hall–Kier alpha value is -3.02. The zero-order valence-corrected chi connectivity index (χ0v) is 15.7. The van der Waals surface area contributed by atoms with E-state index in [0.29, 0.717) is 30.1 Å². The van der Waals surface area contributed by atoms with Crippen LogP contribution in [0.2, 0.25) is 0 Å². The lowest BCUT2D eigenvalue weighted by Gasteiger charge is -2.32. The number of piperidine rings is 1. The molecule has 0 spiro atoms. The Balaban J connectivity index is 1.49. The summed E-state index contributed by atoms with van der Waals surface area (Å²) in [7, 11) is 1.59. The summed E-state index contributed by atoms with van der Waals surface area (Å²) >= 11 is 0. The molecule has 2 aromatic rings. The van der Waals surface area contributed by atoms with Crippen molar-refractivity contribution in [3.8, 4) is 5.75 Å². The van der Waals surface area contributed by atoms with Gasteiger partial charge in [0.05, 0.1) is 7.11 Å². The number of likely N-dealkylation sites (tertiary alicyclic amines) is 1. The van der Waals surface area contributed by atoms with Crippen molar-refractivity contribution < 1.29 is 14.3 Å². The average molecular weight is 367 g/mol. The lowest BCUT2D eigenvalue weighted by Crippen LogP contribution is -2.47. The second kappa shape index (κ2) is 8.58. The standard InChI is InChI=1S/C21H25N3O3/c1-15-5-3-6-16(13-15)20(25)22-17-9-11-24(12-10-17)21(26)23-18-7-4-8-19(14-18)27-2/h3-8,13-14,17H,9-12H2,1-2H3,(H,22,25)(H,23,26). The molecule has 0 aromatic heterocycles. The summed E-state index contributed by atoms with van der Waals surface area (Å²) in [4.78, 5) is 26.6. The first-order chi connectivity index (χ1) is 13.0. The Morgan fingerprint density at radius 3 is 2.52 bits per heavy atom. The molecule has 1 heterocycles. The number of carbonyl (C=O) groups is 2. The molecule has 3 rings (SSSR count). The highest BCUT2D eigenvalue weighted by Crippen LogP contribution is 2.18. The fourth-order valence-electron chi connectivity index (χ4n) is 3.19. The molecule has 6 nitrogen and oxygen atoms in total. The van der Waals surface area contributed by atoms with Gasteiger partial charge in [-0.15, -0.1) is 0 Å². The molecule has 1 aliphatic rings. The van der Waals surface area contributed by atoms with Gasteiger partial charge in [0.1, 0.15) is 5.75 Å². The van der Waals surface area contributed by atoms with Gasteiger partial charge >= 0.3 is 6.03 Å². The van der Waals surface area contributed by atoms with Gasteiger partial charge in [0, 0.05) is 36.4 Å². The molecule has 0 bridgehead atoms. The highest BCUT2D eigenvalue weighted by molar-refractivity contribution is 5.94. The van der Waals surface area contributed by atoms with Crippen molar-refractivity contribution in [3.05, 3.63) is 59.7 Å². The number of hydrogen-bond acceptors (Lipinski definition) is 3. The van der Waals surface area contributed by atoms with Gasteiger partial charge in [-0.25, -0.2) is 4.79 Å². The van der Waals surface area contributed by atoms with Crippen LogP contribution in [0.25, 0.3) is 0 Å². The molecule has 3 amide bonds. The molecule has 2 aromatic carbocycles. The van der Waals surface area contributed by atoms with Crippen LogP contribution in [-0.2, 0) is 0 Å². The van der Waals surface area contributed by atoms with E-state index in [1.54, 1.807) is 18.1 Å². The van der Waals surface area contributed by atoms with Gasteiger partial charge in [0.2, 0.25) is 0 Å². The average Bonchev–Trinajstić information content (AvgIpc) is 2.68. The predicted octanol–water partition coefficient (Wildman–Crippen LogP) is 3.43. The Morgan fingerprint density at radius 2 is 1.81 bits per heavy atom. The van der Waals surface area contributed by atoms with Gasteiger partial charge in [-0.1, -0.05) is 23.8 Å². The summed E-state index contributed by atoms with van der Waals surface area (Å²) < 4.78 is 5.17. The fourth-order valence-corrected chi connectivity index (χ4v) is 3.19. The Kier molecular flexibility index (Phi) is 5.96. The van der Waals surface area contributed by atoms with Crippen LogP contribution in [0.5, 0.6) is 5.75 Å². The summed E-state index contributed by atoms with van der Waals surface area (Å²) in [6.07, 6.45) is 1.48. The number of rotatable bonds is 4. The predicted molar refractivity (Wildman–Crippen MR) is 105 cm³/mol. The van der Waals surface area contributed by atoms with E-state index >= 15 is 0 Å². The molecule has 2 N–H and O–H groups in total. The SMILES string of the molecule is COc1cccc(NC(=O)N2CCC(NC(=O)c3cccc(C)c3)CC2)c1. The minimum absolute atomic E-state index is 0.0574. The molecule has 0 saturated carbocycles. The maximum absolute atomic E-state index is 12.4. The van der Waals surface area contributed by atoms with E-state index in [-0.39, 0.29) is 18.0 Å². The van der Waals surface area contributed by atoms with Crippen molar-refractivity contribution in [3.63, 3.8) is 0 Å². The molecule has 1 fully saturated rings. The van der Waals surface area contributed by atoms with E-state index in [9.17, 15) is 9.59 Å². The molecule has 6 heteroatoms. The van der Waals surface area contributed by atoms with E-state index < -0.39 is 0 Å². The second-order valence-corrected chi connectivity index (χ2v) is 6.77. The number of ether oxygens (including phenoxy) is 1. The maximum atomic E-state index is 12.4. The van der Waals surface area contributed by atoms with Crippen molar-refractivity contribution in [2.45, 2.75) is 25.8 Å². The summed E-state index contributed by atoms with van der Waals surface area (Å²) in [6.45, 7) is 3.18. The molecule has 0 aliphatic carbocycles. The van der Waals surface area contributed by atoms with E-state index in [1.165, 1.54) is 0 Å². The van der Waals surface area contributed by atoms with Gasteiger partial charge in [-0.05, 0) is 44.0 Å². The molecule has 0 radical (unpaired) electrons. The van der Waals surface area contributed by atoms with Crippen LogP contribution in [0.3, 0.4) is 0 Å². The number of anilines is 1. The third-order valence-corrected chi connectivity index (χ3v) is 4.72. The molecular weight excluding hydrogens is 342 g/mol. The van der Waals surface area contributed by atoms with Gasteiger partial charge in [-0.2, -0.15) is 0 Å². The first kappa shape index (κ1) is 18.8. The zero-order valence-electron chi connectivity index (χ0n) is 15.7. The molecule has 1 aliphatic heterocycles. The fraction of sp³-hybridized carbons (Fsp3) is 0.333. The van der Waals surface area contributed by atoms with E-state index in [2.05, 4.69) is 10.6 Å². The topological polar surface area (TPSA) is 70.7 Å². The summed E-state index contributed by atoms with van der Waals surface area (Å²) in [5.74, 6) is 0.642. The van der Waals surface area contributed by atoms with Crippen LogP contribution in [0.1, 0.15) is 28.8 Å². The van der Waals surface area contributed by atoms with Crippen molar-refractivity contribution in [2.75, 3.05) is 25.5 Å². The van der Waals surface area contributed by atoms with Crippen LogP contribution in [-0.4, -0.2) is 43.1 Å². The summed E-state index contributed by atoms with van der Waals surface area (Å²) in [6, 6.07) is 14.8. The van der Waals surface area contributed by atoms with Crippen molar-refractivity contribution in [2.24, 2.45) is 0 Å². The Bertz CT molecular complexity index is 814. The first-order valence-electron chi connectivity index (χ1n) is 9.12. The number of hydrogen-bond donors (Lipinski definition) is 2. The van der Waals surface area contributed by atoms with Crippen LogP contribution >= 0.6 is 0 Å². The highest BCUT2D eigenvalue weighted by Gasteiger charge is 2.24. The maximum Gasteiger partial charge on any atom is 0.321 e. The van der Waals surface area contributed by atoms with Crippen LogP contribution in [0.15, 0.2) is 48.5 Å². The molecule has 0 unspecified atom stereocenters. The van der Waals surface area contributed by atoms with Crippen LogP contribution in [0.4, 0.5) is 10.5 Å². The van der Waals surface area contributed by atoms with E-state index in [0.717, 1.165) is 18.4 Å². The van der Waals surface area contributed by atoms with E-state index in [4.69, 9.17) is 4.74 Å². The minimum Gasteiger partial charge on any atom is -0.497 e. The molecular formula is C21H25N3O3. The summed E-state index contributed by atoms with van der Waals surface area (Å²) in [5, 5.41) is 5.97. The Labute approximate surface area is 159 Å². The van der Waals surface area contributed by atoms with Gasteiger partial charge < -0.3 is 20.3 Å².